The second-order valence-corrected chi connectivity index (χ2v) is 10.0. The molecule has 1 atom stereocenters. The molecular formula is C22H25ClN2O3S2. The summed E-state index contributed by atoms with van der Waals surface area (Å²) in [6, 6.07) is 20.1. The van der Waals surface area contributed by atoms with E-state index in [1.165, 1.54) is 17.0 Å². The lowest BCUT2D eigenvalue weighted by molar-refractivity contribution is 0.115. The van der Waals surface area contributed by atoms with Crippen molar-refractivity contribution in [3.8, 4) is 0 Å². The highest BCUT2D eigenvalue weighted by Crippen LogP contribution is 2.25. The van der Waals surface area contributed by atoms with E-state index in [1.54, 1.807) is 30.6 Å². The highest BCUT2D eigenvalue weighted by atomic mass is 35.5. The molecule has 30 heavy (non-hydrogen) atoms. The molecule has 0 saturated heterocycles. The molecule has 0 fully saturated rings. The quantitative estimate of drug-likeness (QED) is 0.451. The topological polar surface area (TPSA) is 58.6 Å². The Labute approximate surface area is 187 Å². The maximum Gasteiger partial charge on any atom is 0.240 e. The summed E-state index contributed by atoms with van der Waals surface area (Å²) < 4.78 is 33.8. The fraction of sp³-hybridized carbons (Fsp3) is 0.273. The number of sulfonamides is 1. The normalized spacial score (nSPS) is 12.9. The summed E-state index contributed by atoms with van der Waals surface area (Å²) in [7, 11) is -1.99. The smallest absolute Gasteiger partial charge is 0.240 e. The van der Waals surface area contributed by atoms with Gasteiger partial charge in [0.15, 0.2) is 0 Å². The minimum absolute atomic E-state index is 0.148. The predicted octanol–water partition coefficient (Wildman–Crippen LogP) is 4.57. The number of nitrogens with one attached hydrogen (secondary N) is 1. The molecule has 1 aromatic heterocycles. The van der Waals surface area contributed by atoms with Gasteiger partial charge in [-0.3, -0.25) is 4.90 Å². The van der Waals surface area contributed by atoms with E-state index < -0.39 is 10.0 Å². The molecule has 0 unspecified atom stereocenters. The lowest BCUT2D eigenvalue weighted by atomic mass is 10.1. The van der Waals surface area contributed by atoms with Crippen LogP contribution in [0.15, 0.2) is 77.0 Å². The van der Waals surface area contributed by atoms with Crippen molar-refractivity contribution in [2.45, 2.75) is 17.5 Å². The van der Waals surface area contributed by atoms with E-state index in [9.17, 15) is 8.42 Å². The van der Waals surface area contributed by atoms with Gasteiger partial charge in [-0.1, -0.05) is 48.0 Å². The number of hydrogen-bond donors (Lipinski definition) is 1. The number of hydrogen-bond acceptors (Lipinski definition) is 5. The molecule has 0 aliphatic carbocycles. The van der Waals surface area contributed by atoms with Crippen LogP contribution in [0.5, 0.6) is 0 Å². The minimum atomic E-state index is -3.66. The molecule has 0 bridgehead atoms. The molecule has 0 aliphatic heterocycles. The molecule has 3 aromatic rings. The Morgan fingerprint density at radius 1 is 1.07 bits per heavy atom. The van der Waals surface area contributed by atoms with E-state index in [0.717, 1.165) is 5.56 Å². The molecule has 5 nitrogen and oxygen atoms in total. The zero-order chi connectivity index (χ0) is 21.4. The Morgan fingerprint density at radius 2 is 1.80 bits per heavy atom. The molecule has 0 radical (unpaired) electrons. The Kier molecular flexibility index (Phi) is 8.44. The van der Waals surface area contributed by atoms with Crippen LogP contribution >= 0.6 is 22.9 Å². The minimum Gasteiger partial charge on any atom is -0.383 e. The molecule has 0 spiro atoms. The van der Waals surface area contributed by atoms with Gasteiger partial charge in [-0.2, -0.15) is 0 Å². The first-order chi connectivity index (χ1) is 14.5. The SMILES string of the molecule is COCCN(Cc1cccs1)[C@@H](CNS(=O)(=O)c1ccc(Cl)cc1)c1ccccc1. The number of rotatable bonds is 11. The average Bonchev–Trinajstić information content (AvgIpc) is 3.26. The third-order valence-electron chi connectivity index (χ3n) is 4.74. The standard InChI is InChI=1S/C22H25ClN2O3S2/c1-28-14-13-25(17-20-8-5-15-29-20)22(18-6-3-2-4-7-18)16-24-30(26,27)21-11-9-19(23)10-12-21/h2-12,15,22,24H,13-14,16-17H2,1H3/t22-/m0/s1. The van der Waals surface area contributed by atoms with Gasteiger partial charge < -0.3 is 4.74 Å². The van der Waals surface area contributed by atoms with Crippen LogP contribution in [-0.2, 0) is 21.3 Å². The Bertz CT molecular complexity index is 995. The lowest BCUT2D eigenvalue weighted by Gasteiger charge is -2.32. The van der Waals surface area contributed by atoms with Gasteiger partial charge >= 0.3 is 0 Å². The fourth-order valence-corrected chi connectivity index (χ4v) is 5.07. The van der Waals surface area contributed by atoms with Gasteiger partial charge in [-0.25, -0.2) is 13.1 Å². The second kappa shape index (κ2) is 11.0. The van der Waals surface area contributed by atoms with Crippen molar-refractivity contribution >= 4 is 33.0 Å². The first-order valence-corrected chi connectivity index (χ1v) is 12.3. The lowest BCUT2D eigenvalue weighted by Crippen LogP contribution is -2.39. The summed E-state index contributed by atoms with van der Waals surface area (Å²) in [6.07, 6.45) is 0. The average molecular weight is 465 g/mol. The molecule has 160 valence electrons. The van der Waals surface area contributed by atoms with Crippen LogP contribution in [0.2, 0.25) is 5.02 Å². The fourth-order valence-electron chi connectivity index (χ4n) is 3.18. The summed E-state index contributed by atoms with van der Waals surface area (Å²) in [5, 5.41) is 2.54. The number of benzene rings is 2. The van der Waals surface area contributed by atoms with Crippen LogP contribution < -0.4 is 4.72 Å². The van der Waals surface area contributed by atoms with Crippen molar-refractivity contribution in [3.05, 3.63) is 87.6 Å². The van der Waals surface area contributed by atoms with Crippen LogP contribution in [0.3, 0.4) is 0 Å². The third kappa shape index (κ3) is 6.38. The largest absolute Gasteiger partial charge is 0.383 e. The number of methoxy groups -OCH3 is 1. The first kappa shape index (κ1) is 22.9. The van der Waals surface area contributed by atoms with Crippen molar-refractivity contribution in [1.29, 1.82) is 0 Å². The van der Waals surface area contributed by atoms with Gasteiger partial charge in [0.2, 0.25) is 10.0 Å². The summed E-state index contributed by atoms with van der Waals surface area (Å²) in [5.41, 5.74) is 1.05. The molecule has 1 N–H and O–H groups in total. The predicted molar refractivity (Wildman–Crippen MR) is 122 cm³/mol. The van der Waals surface area contributed by atoms with Gasteiger partial charge in [-0.15, -0.1) is 11.3 Å². The Morgan fingerprint density at radius 3 is 2.43 bits per heavy atom. The van der Waals surface area contributed by atoms with Crippen LogP contribution in [-0.4, -0.2) is 40.1 Å². The second-order valence-electron chi connectivity index (χ2n) is 6.77. The van der Waals surface area contributed by atoms with Crippen molar-refractivity contribution in [2.75, 3.05) is 26.8 Å². The molecular weight excluding hydrogens is 440 g/mol. The van der Waals surface area contributed by atoms with E-state index in [-0.39, 0.29) is 17.5 Å². The van der Waals surface area contributed by atoms with E-state index in [0.29, 0.717) is 24.7 Å². The molecule has 8 heteroatoms. The molecule has 3 rings (SSSR count). The molecule has 0 amide bonds. The van der Waals surface area contributed by atoms with E-state index in [2.05, 4.69) is 15.7 Å². The van der Waals surface area contributed by atoms with Gasteiger partial charge in [0.05, 0.1) is 11.5 Å². The Hall–Kier alpha value is -1.74. The zero-order valence-corrected chi connectivity index (χ0v) is 19.1. The van der Waals surface area contributed by atoms with Crippen molar-refractivity contribution in [1.82, 2.24) is 9.62 Å². The van der Waals surface area contributed by atoms with Gasteiger partial charge in [0.1, 0.15) is 0 Å². The number of thiophene rings is 1. The maximum atomic E-state index is 12.8. The van der Waals surface area contributed by atoms with Crippen molar-refractivity contribution in [2.24, 2.45) is 0 Å². The first-order valence-electron chi connectivity index (χ1n) is 9.55. The van der Waals surface area contributed by atoms with Crippen LogP contribution in [0.25, 0.3) is 0 Å². The molecule has 0 aliphatic rings. The van der Waals surface area contributed by atoms with Gasteiger partial charge in [0.25, 0.3) is 0 Å². The highest BCUT2D eigenvalue weighted by molar-refractivity contribution is 7.89. The van der Waals surface area contributed by atoms with Gasteiger partial charge in [-0.05, 0) is 41.3 Å². The Balaban J connectivity index is 1.84. The van der Waals surface area contributed by atoms with Crippen LogP contribution in [0, 0.1) is 0 Å². The zero-order valence-electron chi connectivity index (χ0n) is 16.7. The summed E-state index contributed by atoms with van der Waals surface area (Å²) >= 11 is 7.58. The van der Waals surface area contributed by atoms with Crippen molar-refractivity contribution < 1.29 is 13.2 Å². The van der Waals surface area contributed by atoms with E-state index in [4.69, 9.17) is 16.3 Å². The maximum absolute atomic E-state index is 12.8. The van der Waals surface area contributed by atoms with E-state index >= 15 is 0 Å². The van der Waals surface area contributed by atoms with E-state index in [1.807, 2.05) is 41.8 Å². The summed E-state index contributed by atoms with van der Waals surface area (Å²) in [4.78, 5) is 3.66. The summed E-state index contributed by atoms with van der Waals surface area (Å²) in [5.74, 6) is 0. The number of halogens is 1. The number of ether oxygens (including phenoxy) is 1. The molecule has 0 saturated carbocycles. The molecule has 2 aromatic carbocycles. The van der Waals surface area contributed by atoms with Crippen LogP contribution in [0.4, 0.5) is 0 Å². The highest BCUT2D eigenvalue weighted by Gasteiger charge is 2.24. The molecule has 1 heterocycles. The monoisotopic (exact) mass is 464 g/mol. The van der Waals surface area contributed by atoms with Crippen molar-refractivity contribution in [3.63, 3.8) is 0 Å². The van der Waals surface area contributed by atoms with Gasteiger partial charge in [0, 0.05) is 42.7 Å². The number of nitrogens with zero attached hydrogens (tertiary/aromatic N) is 1. The third-order valence-corrected chi connectivity index (χ3v) is 7.29. The van der Waals surface area contributed by atoms with Crippen LogP contribution in [0.1, 0.15) is 16.5 Å². The summed E-state index contributed by atoms with van der Waals surface area (Å²) in [6.45, 7) is 2.18.